The highest BCUT2D eigenvalue weighted by Gasteiger charge is 2.26. The van der Waals surface area contributed by atoms with Crippen molar-refractivity contribution in [2.45, 2.75) is 45.3 Å². The quantitative estimate of drug-likeness (QED) is 0.710. The van der Waals surface area contributed by atoms with E-state index in [4.69, 9.17) is 11.6 Å². The molecule has 0 unspecified atom stereocenters. The smallest absolute Gasteiger partial charge is 0.0673 e. The number of aryl methyl sites for hydroxylation is 1. The molecule has 0 bridgehead atoms. The van der Waals surface area contributed by atoms with Crippen LogP contribution in [0.15, 0.2) is 18.2 Å². The van der Waals surface area contributed by atoms with E-state index in [0.717, 1.165) is 5.02 Å². The topological polar surface area (TPSA) is 3.24 Å². The molecule has 1 aliphatic rings. The van der Waals surface area contributed by atoms with Gasteiger partial charge in [-0.3, -0.25) is 0 Å². The highest BCUT2D eigenvalue weighted by molar-refractivity contribution is 6.77. The van der Waals surface area contributed by atoms with Gasteiger partial charge in [-0.05, 0) is 62.3 Å². The first-order valence-electron chi connectivity index (χ1n) is 7.44. The molecule has 0 saturated carbocycles. The average Bonchev–Trinajstić information content (AvgIpc) is 2.33. The van der Waals surface area contributed by atoms with Gasteiger partial charge in [-0.15, -0.1) is 12.4 Å². The zero-order chi connectivity index (χ0) is 13.9. The van der Waals surface area contributed by atoms with Crippen LogP contribution in [0.1, 0.15) is 30.4 Å². The Morgan fingerprint density at radius 2 is 1.80 bits per heavy atom. The third-order valence-corrected chi connectivity index (χ3v) is 6.97. The summed E-state index contributed by atoms with van der Waals surface area (Å²) >= 11 is 6.39. The van der Waals surface area contributed by atoms with E-state index in [1.165, 1.54) is 55.7 Å². The second-order valence-electron chi connectivity index (χ2n) is 6.77. The van der Waals surface area contributed by atoms with Crippen LogP contribution in [-0.2, 0) is 6.04 Å². The van der Waals surface area contributed by atoms with Crippen LogP contribution in [0.2, 0.25) is 18.1 Å². The number of piperidine rings is 1. The lowest BCUT2D eigenvalue weighted by molar-refractivity contribution is 0.258. The van der Waals surface area contributed by atoms with Gasteiger partial charge in [-0.2, -0.15) is 0 Å². The molecule has 0 amide bonds. The van der Waals surface area contributed by atoms with E-state index < -0.39 is 8.07 Å². The minimum atomic E-state index is -1.24. The molecule has 1 heterocycles. The van der Waals surface area contributed by atoms with Gasteiger partial charge in [0.05, 0.1) is 8.07 Å². The van der Waals surface area contributed by atoms with Gasteiger partial charge < -0.3 is 4.90 Å². The summed E-state index contributed by atoms with van der Waals surface area (Å²) in [4.78, 5) is 2.68. The van der Waals surface area contributed by atoms with Crippen LogP contribution in [0.25, 0.3) is 0 Å². The Labute approximate surface area is 136 Å². The highest BCUT2D eigenvalue weighted by atomic mass is 35.5. The van der Waals surface area contributed by atoms with E-state index >= 15 is 0 Å². The number of rotatable bonds is 4. The lowest BCUT2D eigenvalue weighted by Gasteiger charge is -2.34. The summed E-state index contributed by atoms with van der Waals surface area (Å²) in [5.74, 6) is 0. The summed E-state index contributed by atoms with van der Waals surface area (Å²) in [5.41, 5.74) is 2.60. The van der Waals surface area contributed by atoms with Crippen LogP contribution in [0.4, 0.5) is 0 Å². The zero-order valence-electron chi connectivity index (χ0n) is 12.9. The monoisotopic (exact) mass is 331 g/mol. The SMILES string of the molecule is Cc1ccc(C[Si](C)(C)CN2CCCCC2)c(Cl)c1.Cl. The van der Waals surface area contributed by atoms with Crippen molar-refractivity contribution < 1.29 is 0 Å². The molecule has 4 heteroatoms. The maximum atomic E-state index is 6.39. The third kappa shape index (κ3) is 5.40. The fourth-order valence-electron chi connectivity index (χ4n) is 3.09. The van der Waals surface area contributed by atoms with Gasteiger partial charge in [-0.1, -0.05) is 43.2 Å². The molecule has 114 valence electrons. The van der Waals surface area contributed by atoms with Crippen LogP contribution in [0.5, 0.6) is 0 Å². The molecule has 0 spiro atoms. The average molecular weight is 332 g/mol. The summed E-state index contributed by atoms with van der Waals surface area (Å²) in [6.45, 7) is 9.71. The maximum Gasteiger partial charge on any atom is 0.0673 e. The fraction of sp³-hybridized carbons (Fsp3) is 0.625. The fourth-order valence-corrected chi connectivity index (χ4v) is 6.48. The zero-order valence-corrected chi connectivity index (χ0v) is 15.5. The lowest BCUT2D eigenvalue weighted by Crippen LogP contribution is -2.46. The normalized spacial score (nSPS) is 16.8. The number of likely N-dealkylation sites (tertiary alicyclic amines) is 1. The molecule has 1 saturated heterocycles. The van der Waals surface area contributed by atoms with E-state index in [1.54, 1.807) is 0 Å². The van der Waals surface area contributed by atoms with Gasteiger partial charge in [0, 0.05) is 5.02 Å². The van der Waals surface area contributed by atoms with E-state index in [0.29, 0.717) is 0 Å². The van der Waals surface area contributed by atoms with Gasteiger partial charge >= 0.3 is 0 Å². The van der Waals surface area contributed by atoms with Crippen LogP contribution < -0.4 is 0 Å². The van der Waals surface area contributed by atoms with Crippen molar-refractivity contribution in [3.05, 3.63) is 34.3 Å². The van der Waals surface area contributed by atoms with E-state index in [1.807, 2.05) is 0 Å². The van der Waals surface area contributed by atoms with Gasteiger partial charge in [0.2, 0.25) is 0 Å². The predicted molar refractivity (Wildman–Crippen MR) is 94.9 cm³/mol. The van der Waals surface area contributed by atoms with Crippen molar-refractivity contribution in [1.29, 1.82) is 0 Å². The van der Waals surface area contributed by atoms with Gasteiger partial charge in [0.1, 0.15) is 0 Å². The summed E-state index contributed by atoms with van der Waals surface area (Å²) in [5, 5.41) is 0.958. The Morgan fingerprint density at radius 1 is 1.15 bits per heavy atom. The summed E-state index contributed by atoms with van der Waals surface area (Å²) in [7, 11) is -1.24. The van der Waals surface area contributed by atoms with Gasteiger partial charge in [0.15, 0.2) is 0 Å². The standard InChI is InChI=1S/C16H26ClNSi.ClH/c1-14-7-8-15(16(17)11-14)12-19(2,3)13-18-9-5-4-6-10-18;/h7-8,11H,4-6,9-10,12-13H2,1-3H3;1H. The molecule has 1 fully saturated rings. The van der Waals surface area contributed by atoms with E-state index in [9.17, 15) is 0 Å². The lowest BCUT2D eigenvalue weighted by atomic mass is 10.1. The van der Waals surface area contributed by atoms with Crippen LogP contribution >= 0.6 is 24.0 Å². The second-order valence-corrected chi connectivity index (χ2v) is 12.2. The number of hydrogen-bond acceptors (Lipinski definition) is 1. The maximum absolute atomic E-state index is 6.39. The first-order valence-corrected chi connectivity index (χ1v) is 11.2. The predicted octanol–water partition coefficient (Wildman–Crippen LogP) is 4.89. The molecule has 0 atom stereocenters. The second kappa shape index (κ2) is 7.84. The summed E-state index contributed by atoms with van der Waals surface area (Å²) in [6, 6.07) is 7.71. The number of halogens is 2. The molecule has 0 N–H and O–H groups in total. The van der Waals surface area contributed by atoms with Gasteiger partial charge in [-0.25, -0.2) is 0 Å². The van der Waals surface area contributed by atoms with E-state index in [-0.39, 0.29) is 12.4 Å². The van der Waals surface area contributed by atoms with Crippen molar-refractivity contribution in [2.75, 3.05) is 19.3 Å². The van der Waals surface area contributed by atoms with Gasteiger partial charge in [0.25, 0.3) is 0 Å². The van der Waals surface area contributed by atoms with Crippen molar-refractivity contribution in [1.82, 2.24) is 4.90 Å². The van der Waals surface area contributed by atoms with Crippen molar-refractivity contribution in [3.8, 4) is 0 Å². The molecule has 0 aromatic heterocycles. The number of hydrogen-bond donors (Lipinski definition) is 0. The Balaban J connectivity index is 0.00000200. The molecular weight excluding hydrogens is 305 g/mol. The molecule has 0 radical (unpaired) electrons. The van der Waals surface area contributed by atoms with Crippen LogP contribution in [0.3, 0.4) is 0 Å². The number of nitrogens with zero attached hydrogens (tertiary/aromatic N) is 1. The van der Waals surface area contributed by atoms with Crippen molar-refractivity contribution >= 4 is 32.1 Å². The van der Waals surface area contributed by atoms with Crippen LogP contribution in [0, 0.1) is 6.92 Å². The first kappa shape index (κ1) is 18.0. The highest BCUT2D eigenvalue weighted by Crippen LogP contribution is 2.23. The minimum absolute atomic E-state index is 0. The molecule has 0 aliphatic carbocycles. The Kier molecular flexibility index (Phi) is 7.06. The first-order chi connectivity index (χ1) is 8.96. The molecule has 1 aromatic rings. The number of benzene rings is 1. The Morgan fingerprint density at radius 3 is 2.40 bits per heavy atom. The molecule has 1 aliphatic heterocycles. The Bertz CT molecular complexity index is 428. The Hall–Kier alpha value is -0.0231. The van der Waals surface area contributed by atoms with Crippen LogP contribution in [-0.4, -0.2) is 32.2 Å². The molecule has 2 rings (SSSR count). The largest absolute Gasteiger partial charge is 0.306 e. The third-order valence-electron chi connectivity index (χ3n) is 3.98. The molecule has 1 aromatic carbocycles. The van der Waals surface area contributed by atoms with Crippen molar-refractivity contribution in [2.24, 2.45) is 0 Å². The van der Waals surface area contributed by atoms with E-state index in [2.05, 4.69) is 43.1 Å². The summed E-state index contributed by atoms with van der Waals surface area (Å²) in [6.07, 6.45) is 5.50. The minimum Gasteiger partial charge on any atom is -0.306 e. The summed E-state index contributed by atoms with van der Waals surface area (Å²) < 4.78 is 0. The molecule has 20 heavy (non-hydrogen) atoms. The molecule has 1 nitrogen and oxygen atoms in total. The molecular formula is C16H27Cl2NSi. The van der Waals surface area contributed by atoms with Crippen molar-refractivity contribution in [3.63, 3.8) is 0 Å².